The lowest BCUT2D eigenvalue weighted by Gasteiger charge is -2.36. The van der Waals surface area contributed by atoms with Crippen LogP contribution < -0.4 is 15.4 Å². The van der Waals surface area contributed by atoms with Crippen LogP contribution in [0, 0.1) is 11.6 Å². The Bertz CT molecular complexity index is 1330. The average Bonchev–Trinajstić information content (AvgIpc) is 3.00. The average molecular weight is 587 g/mol. The molecule has 4 rings (SSSR count). The maximum Gasteiger partial charge on any atom is 0.338 e. The Hall–Kier alpha value is -4.03. The van der Waals surface area contributed by atoms with Gasteiger partial charge >= 0.3 is 18.0 Å². The van der Waals surface area contributed by atoms with Gasteiger partial charge in [0.2, 0.25) is 0 Å². The molecule has 2 aromatic carbocycles. The quantitative estimate of drug-likeness (QED) is 0.319. The molecule has 0 saturated carbocycles. The number of hydrogen-bond acceptors (Lipinski definition) is 7. The molecule has 4 amide bonds. The van der Waals surface area contributed by atoms with Gasteiger partial charge < -0.3 is 29.7 Å². The number of esters is 1. The predicted molar refractivity (Wildman–Crippen MR) is 150 cm³/mol. The summed E-state index contributed by atoms with van der Waals surface area (Å²) in [5.41, 5.74) is 1.22. The normalized spacial score (nSPS) is 18.1. The fourth-order valence-electron chi connectivity index (χ4n) is 5.45. The van der Waals surface area contributed by atoms with E-state index in [-0.39, 0.29) is 30.0 Å². The molecule has 2 aliphatic rings. The third kappa shape index (κ3) is 7.05. The number of hydrogen-bond donors (Lipinski definition) is 2. The summed E-state index contributed by atoms with van der Waals surface area (Å²) in [6, 6.07) is 8.07. The van der Waals surface area contributed by atoms with Crippen LogP contribution in [-0.2, 0) is 14.3 Å². The van der Waals surface area contributed by atoms with E-state index in [1.165, 1.54) is 18.7 Å². The maximum absolute atomic E-state index is 14.2. The highest BCUT2D eigenvalue weighted by Crippen LogP contribution is 2.35. The number of ether oxygens (including phenoxy) is 3. The largest absolute Gasteiger partial charge is 0.497 e. The van der Waals surface area contributed by atoms with E-state index >= 15 is 0 Å². The number of likely N-dealkylation sites (tertiary alicyclic amines) is 1. The number of carbonyl (C=O) groups is 3. The molecule has 1 atom stereocenters. The number of imide groups is 1. The van der Waals surface area contributed by atoms with Gasteiger partial charge in [-0.25, -0.2) is 28.1 Å². The Morgan fingerprint density at radius 3 is 2.45 bits per heavy atom. The lowest BCUT2D eigenvalue weighted by Crippen LogP contribution is -2.55. The Morgan fingerprint density at radius 1 is 1.02 bits per heavy atom. The van der Waals surface area contributed by atoms with Crippen molar-refractivity contribution in [3.8, 4) is 5.75 Å². The minimum atomic E-state index is -1.37. The summed E-state index contributed by atoms with van der Waals surface area (Å²) in [5.74, 6) is -1.84. The Kier molecular flexibility index (Phi) is 10.5. The van der Waals surface area contributed by atoms with Crippen LogP contribution in [0.1, 0.15) is 42.3 Å². The molecule has 0 radical (unpaired) electrons. The number of carbonyl (C=O) groups excluding carboxylic acids is 3. The van der Waals surface area contributed by atoms with Gasteiger partial charge in [0, 0.05) is 13.7 Å². The predicted octanol–water partition coefficient (Wildman–Crippen LogP) is 4.09. The number of urea groups is 2. The first-order valence-corrected chi connectivity index (χ1v) is 13.8. The fraction of sp³-hybridized carbons (Fsp3) is 0.433. The minimum absolute atomic E-state index is 0.0202. The van der Waals surface area contributed by atoms with Gasteiger partial charge in [-0.2, -0.15) is 0 Å². The van der Waals surface area contributed by atoms with Crippen LogP contribution in [0.3, 0.4) is 0 Å². The Balaban J connectivity index is 1.40. The van der Waals surface area contributed by atoms with Crippen LogP contribution >= 0.6 is 0 Å². The fourth-order valence-corrected chi connectivity index (χ4v) is 5.45. The Morgan fingerprint density at radius 2 is 1.79 bits per heavy atom. The van der Waals surface area contributed by atoms with Gasteiger partial charge in [0.1, 0.15) is 11.8 Å². The molecule has 2 aliphatic heterocycles. The molecule has 0 aliphatic carbocycles. The number of rotatable bonds is 10. The second-order valence-electron chi connectivity index (χ2n) is 10.2. The molecular weight excluding hydrogens is 550 g/mol. The summed E-state index contributed by atoms with van der Waals surface area (Å²) in [4.78, 5) is 42.4. The molecule has 2 aromatic rings. The number of amides is 4. The molecular formula is C30H36F2N4O6. The lowest BCUT2D eigenvalue weighted by atomic mass is 9.89. The summed E-state index contributed by atoms with van der Waals surface area (Å²) in [7, 11) is 4.16. The standard InChI is InChI=1S/C30H36F2N4O6/c1-40-18-25-26(28(37)42-3)27(21-8-9-23(31)24(32)17-21)36(30(39)34-25)29(38)33-12-5-13-35-14-10-19(11-15-35)20-6-4-7-22(16-20)41-2/h4,6-9,16-17,19,27H,5,10-15,18H2,1-3H3,(H,33,38)(H,34,39). The highest BCUT2D eigenvalue weighted by atomic mass is 19.2. The van der Waals surface area contributed by atoms with E-state index in [2.05, 4.69) is 27.7 Å². The summed E-state index contributed by atoms with van der Waals surface area (Å²) in [6.45, 7) is 2.65. The van der Waals surface area contributed by atoms with Crippen LogP contribution in [0.4, 0.5) is 18.4 Å². The van der Waals surface area contributed by atoms with Gasteiger partial charge in [-0.3, -0.25) is 0 Å². The summed E-state index contributed by atoms with van der Waals surface area (Å²) >= 11 is 0. The van der Waals surface area contributed by atoms with Crippen molar-refractivity contribution in [2.24, 2.45) is 0 Å². The zero-order chi connectivity index (χ0) is 30.2. The van der Waals surface area contributed by atoms with E-state index in [0.29, 0.717) is 12.3 Å². The van der Waals surface area contributed by atoms with E-state index in [4.69, 9.17) is 14.2 Å². The van der Waals surface area contributed by atoms with Gasteiger partial charge in [0.05, 0.1) is 32.1 Å². The number of piperidine rings is 1. The minimum Gasteiger partial charge on any atom is -0.497 e. The molecule has 0 bridgehead atoms. The van der Waals surface area contributed by atoms with Crippen molar-refractivity contribution < 1.29 is 37.4 Å². The van der Waals surface area contributed by atoms with E-state index in [9.17, 15) is 23.2 Å². The van der Waals surface area contributed by atoms with E-state index in [0.717, 1.165) is 62.4 Å². The molecule has 1 saturated heterocycles. The highest BCUT2D eigenvalue weighted by Gasteiger charge is 2.43. The van der Waals surface area contributed by atoms with Gasteiger partial charge in [0.15, 0.2) is 11.6 Å². The first kappa shape index (κ1) is 30.9. The molecule has 2 N–H and O–H groups in total. The third-order valence-electron chi connectivity index (χ3n) is 7.59. The number of benzene rings is 2. The van der Waals surface area contributed by atoms with E-state index in [1.807, 2.05) is 12.1 Å². The van der Waals surface area contributed by atoms with Crippen molar-refractivity contribution in [1.82, 2.24) is 20.4 Å². The zero-order valence-electron chi connectivity index (χ0n) is 24.0. The van der Waals surface area contributed by atoms with Crippen molar-refractivity contribution in [1.29, 1.82) is 0 Å². The molecule has 1 fully saturated rings. The molecule has 226 valence electrons. The van der Waals surface area contributed by atoms with Crippen molar-refractivity contribution in [3.63, 3.8) is 0 Å². The smallest absolute Gasteiger partial charge is 0.338 e. The van der Waals surface area contributed by atoms with Gasteiger partial charge in [-0.05, 0) is 80.2 Å². The SMILES string of the molecule is COCC1=C(C(=O)OC)C(c2ccc(F)c(F)c2)N(C(=O)NCCCN2CCC(c3cccc(OC)c3)CC2)C(=O)N1. The van der Waals surface area contributed by atoms with Crippen LogP contribution in [0.25, 0.3) is 0 Å². The van der Waals surface area contributed by atoms with Crippen molar-refractivity contribution in [3.05, 3.63) is 76.5 Å². The number of halogens is 2. The molecule has 0 spiro atoms. The van der Waals surface area contributed by atoms with Gasteiger partial charge in [-0.1, -0.05) is 18.2 Å². The van der Waals surface area contributed by atoms with Crippen LogP contribution in [0.5, 0.6) is 5.75 Å². The number of methoxy groups -OCH3 is 3. The maximum atomic E-state index is 14.2. The molecule has 42 heavy (non-hydrogen) atoms. The second kappa shape index (κ2) is 14.2. The van der Waals surface area contributed by atoms with Crippen molar-refractivity contribution >= 4 is 18.0 Å². The van der Waals surface area contributed by atoms with Crippen molar-refractivity contribution in [2.45, 2.75) is 31.2 Å². The van der Waals surface area contributed by atoms with E-state index in [1.54, 1.807) is 7.11 Å². The molecule has 10 nitrogen and oxygen atoms in total. The lowest BCUT2D eigenvalue weighted by molar-refractivity contribution is -0.137. The monoisotopic (exact) mass is 586 g/mol. The van der Waals surface area contributed by atoms with Crippen molar-refractivity contribution in [2.75, 3.05) is 54.1 Å². The van der Waals surface area contributed by atoms with Gasteiger partial charge in [-0.15, -0.1) is 0 Å². The zero-order valence-corrected chi connectivity index (χ0v) is 24.0. The molecule has 1 unspecified atom stereocenters. The van der Waals surface area contributed by atoms with Gasteiger partial charge in [0.25, 0.3) is 0 Å². The summed E-state index contributed by atoms with van der Waals surface area (Å²) in [6.07, 6.45) is 2.64. The van der Waals surface area contributed by atoms with E-state index < -0.39 is 35.7 Å². The Labute approximate surface area is 243 Å². The molecule has 0 aromatic heterocycles. The van der Waals surface area contributed by atoms with Crippen LogP contribution in [-0.4, -0.2) is 81.9 Å². The molecule has 12 heteroatoms. The number of nitrogens with zero attached hydrogens (tertiary/aromatic N) is 2. The summed E-state index contributed by atoms with van der Waals surface area (Å²) in [5, 5.41) is 5.23. The first-order chi connectivity index (χ1) is 20.3. The molecule has 2 heterocycles. The number of nitrogens with one attached hydrogen (secondary N) is 2. The topological polar surface area (TPSA) is 109 Å². The second-order valence-corrected chi connectivity index (χ2v) is 10.2. The highest BCUT2D eigenvalue weighted by molar-refractivity contribution is 6.01. The van der Waals surface area contributed by atoms with Crippen LogP contribution in [0.15, 0.2) is 53.7 Å². The first-order valence-electron chi connectivity index (χ1n) is 13.8. The van der Waals surface area contributed by atoms with Crippen LogP contribution in [0.2, 0.25) is 0 Å². The third-order valence-corrected chi connectivity index (χ3v) is 7.59. The summed E-state index contributed by atoms with van der Waals surface area (Å²) < 4.78 is 43.3.